The standard InChI is InChI=1S/C15H13BrClNO2/c1-18(9-10-3-2-4-12(19)7-10)15(20)13-8-11(16)5-6-14(13)17/h2-8,19H,9H2,1H3. The lowest BCUT2D eigenvalue weighted by Crippen LogP contribution is -2.26. The average molecular weight is 355 g/mol. The van der Waals surface area contributed by atoms with Crippen LogP contribution in [0.15, 0.2) is 46.9 Å². The van der Waals surface area contributed by atoms with Crippen molar-refractivity contribution in [1.29, 1.82) is 0 Å². The van der Waals surface area contributed by atoms with Crippen LogP contribution in [-0.4, -0.2) is 23.0 Å². The summed E-state index contributed by atoms with van der Waals surface area (Å²) in [5.41, 5.74) is 1.30. The summed E-state index contributed by atoms with van der Waals surface area (Å²) in [6.45, 7) is 0.399. The van der Waals surface area contributed by atoms with Gasteiger partial charge in [0.15, 0.2) is 0 Å². The van der Waals surface area contributed by atoms with Crippen molar-refractivity contribution in [3.8, 4) is 5.75 Å². The van der Waals surface area contributed by atoms with E-state index in [9.17, 15) is 9.90 Å². The molecule has 0 saturated carbocycles. The predicted molar refractivity (Wildman–Crippen MR) is 83.1 cm³/mol. The van der Waals surface area contributed by atoms with E-state index in [2.05, 4.69) is 15.9 Å². The van der Waals surface area contributed by atoms with Crippen LogP contribution in [-0.2, 0) is 6.54 Å². The molecule has 0 radical (unpaired) electrons. The molecule has 2 aromatic carbocycles. The lowest BCUT2D eigenvalue weighted by Gasteiger charge is -2.18. The van der Waals surface area contributed by atoms with Crippen LogP contribution < -0.4 is 0 Å². The molecule has 0 aliphatic heterocycles. The van der Waals surface area contributed by atoms with Gasteiger partial charge in [-0.3, -0.25) is 4.79 Å². The van der Waals surface area contributed by atoms with Gasteiger partial charge >= 0.3 is 0 Å². The van der Waals surface area contributed by atoms with Gasteiger partial charge in [-0.15, -0.1) is 0 Å². The lowest BCUT2D eigenvalue weighted by atomic mass is 10.1. The highest BCUT2D eigenvalue weighted by molar-refractivity contribution is 9.10. The Hall–Kier alpha value is -1.52. The third-order valence-corrected chi connectivity index (χ3v) is 3.66. The van der Waals surface area contributed by atoms with Crippen molar-refractivity contribution in [3.63, 3.8) is 0 Å². The first-order valence-electron chi connectivity index (χ1n) is 5.96. The molecule has 20 heavy (non-hydrogen) atoms. The number of phenols is 1. The maximum absolute atomic E-state index is 12.4. The van der Waals surface area contributed by atoms with Gasteiger partial charge in [0.2, 0.25) is 0 Å². The Morgan fingerprint density at radius 2 is 2.05 bits per heavy atom. The van der Waals surface area contributed by atoms with E-state index < -0.39 is 0 Å². The van der Waals surface area contributed by atoms with E-state index in [0.717, 1.165) is 10.0 Å². The van der Waals surface area contributed by atoms with E-state index in [0.29, 0.717) is 17.1 Å². The molecular weight excluding hydrogens is 342 g/mol. The summed E-state index contributed by atoms with van der Waals surface area (Å²) in [5, 5.41) is 9.85. The molecule has 2 aromatic rings. The number of aromatic hydroxyl groups is 1. The van der Waals surface area contributed by atoms with Gasteiger partial charge in [-0.05, 0) is 35.9 Å². The molecule has 0 aromatic heterocycles. The number of hydrogen-bond acceptors (Lipinski definition) is 2. The maximum atomic E-state index is 12.4. The third kappa shape index (κ3) is 3.52. The first-order valence-corrected chi connectivity index (χ1v) is 7.13. The minimum absolute atomic E-state index is 0.167. The van der Waals surface area contributed by atoms with Crippen LogP contribution in [0.4, 0.5) is 0 Å². The van der Waals surface area contributed by atoms with Crippen molar-refractivity contribution in [3.05, 3.63) is 63.1 Å². The molecule has 1 amide bonds. The Kier molecular flexibility index (Phi) is 4.68. The van der Waals surface area contributed by atoms with Crippen molar-refractivity contribution in [1.82, 2.24) is 4.90 Å². The average Bonchev–Trinajstić information content (AvgIpc) is 2.40. The number of halogens is 2. The maximum Gasteiger partial charge on any atom is 0.255 e. The Bertz CT molecular complexity index is 646. The van der Waals surface area contributed by atoms with E-state index in [-0.39, 0.29) is 11.7 Å². The van der Waals surface area contributed by atoms with E-state index in [1.54, 1.807) is 48.3 Å². The molecule has 2 rings (SSSR count). The summed E-state index contributed by atoms with van der Waals surface area (Å²) < 4.78 is 0.802. The fraction of sp³-hybridized carbons (Fsp3) is 0.133. The van der Waals surface area contributed by atoms with Gasteiger partial charge in [0.05, 0.1) is 10.6 Å². The fourth-order valence-electron chi connectivity index (χ4n) is 1.87. The monoisotopic (exact) mass is 353 g/mol. The summed E-state index contributed by atoms with van der Waals surface area (Å²) in [7, 11) is 1.70. The Morgan fingerprint density at radius 1 is 1.30 bits per heavy atom. The number of hydrogen-bond donors (Lipinski definition) is 1. The van der Waals surface area contributed by atoms with Crippen molar-refractivity contribution in [2.45, 2.75) is 6.54 Å². The molecule has 3 nitrogen and oxygen atoms in total. The second kappa shape index (κ2) is 6.29. The second-order valence-electron chi connectivity index (χ2n) is 4.46. The van der Waals surface area contributed by atoms with Gasteiger partial charge in [0.25, 0.3) is 5.91 Å². The Balaban J connectivity index is 2.18. The van der Waals surface area contributed by atoms with Gasteiger partial charge in [0.1, 0.15) is 5.75 Å². The normalized spacial score (nSPS) is 10.3. The first kappa shape index (κ1) is 14.9. The van der Waals surface area contributed by atoms with Gasteiger partial charge in [-0.2, -0.15) is 0 Å². The Labute approximate surface area is 130 Å². The van der Waals surface area contributed by atoms with Crippen LogP contribution in [0.2, 0.25) is 5.02 Å². The van der Waals surface area contributed by atoms with Crippen molar-refractivity contribution in [2.75, 3.05) is 7.05 Å². The molecule has 0 saturated heterocycles. The number of carbonyl (C=O) groups is 1. The highest BCUT2D eigenvalue weighted by Gasteiger charge is 2.15. The molecule has 5 heteroatoms. The van der Waals surface area contributed by atoms with E-state index in [1.807, 2.05) is 6.07 Å². The van der Waals surface area contributed by atoms with Crippen molar-refractivity contribution < 1.29 is 9.90 Å². The topological polar surface area (TPSA) is 40.5 Å². The zero-order chi connectivity index (χ0) is 14.7. The molecule has 0 heterocycles. The van der Waals surface area contributed by atoms with Crippen LogP contribution in [0, 0.1) is 0 Å². The zero-order valence-corrected chi connectivity index (χ0v) is 13.1. The van der Waals surface area contributed by atoms with E-state index in [4.69, 9.17) is 11.6 Å². The molecular formula is C15H13BrClNO2. The highest BCUT2D eigenvalue weighted by atomic mass is 79.9. The van der Waals surface area contributed by atoms with Gasteiger partial charge < -0.3 is 10.0 Å². The first-order chi connectivity index (χ1) is 9.47. The molecule has 104 valence electrons. The van der Waals surface area contributed by atoms with Gasteiger partial charge in [-0.25, -0.2) is 0 Å². The molecule has 1 N–H and O–H groups in total. The van der Waals surface area contributed by atoms with Crippen LogP contribution >= 0.6 is 27.5 Å². The second-order valence-corrected chi connectivity index (χ2v) is 5.78. The van der Waals surface area contributed by atoms with Crippen molar-refractivity contribution in [2.24, 2.45) is 0 Å². The van der Waals surface area contributed by atoms with Crippen molar-refractivity contribution >= 4 is 33.4 Å². The van der Waals surface area contributed by atoms with Crippen LogP contribution in [0.3, 0.4) is 0 Å². The molecule has 0 atom stereocenters. The quantitative estimate of drug-likeness (QED) is 0.902. The highest BCUT2D eigenvalue weighted by Crippen LogP contribution is 2.23. The zero-order valence-electron chi connectivity index (χ0n) is 10.8. The lowest BCUT2D eigenvalue weighted by molar-refractivity contribution is 0.0785. The summed E-state index contributed by atoms with van der Waals surface area (Å²) in [5.74, 6) is 0.0171. The molecule has 0 bridgehead atoms. The van der Waals surface area contributed by atoms with E-state index in [1.165, 1.54) is 0 Å². The summed E-state index contributed by atoms with van der Waals surface area (Å²) in [4.78, 5) is 13.9. The summed E-state index contributed by atoms with van der Waals surface area (Å²) in [6, 6.07) is 12.0. The third-order valence-electron chi connectivity index (χ3n) is 2.84. The summed E-state index contributed by atoms with van der Waals surface area (Å²) in [6.07, 6.45) is 0. The SMILES string of the molecule is CN(Cc1cccc(O)c1)C(=O)c1cc(Br)ccc1Cl. The number of benzene rings is 2. The minimum Gasteiger partial charge on any atom is -0.508 e. The van der Waals surface area contributed by atoms with Crippen LogP contribution in [0.5, 0.6) is 5.75 Å². The number of amides is 1. The molecule has 0 aliphatic carbocycles. The largest absolute Gasteiger partial charge is 0.508 e. The number of phenolic OH excluding ortho intramolecular Hbond substituents is 1. The summed E-state index contributed by atoms with van der Waals surface area (Å²) >= 11 is 9.38. The molecule has 0 spiro atoms. The van der Waals surface area contributed by atoms with Crippen LogP contribution in [0.1, 0.15) is 15.9 Å². The number of rotatable bonds is 3. The minimum atomic E-state index is -0.167. The van der Waals surface area contributed by atoms with Gasteiger partial charge in [-0.1, -0.05) is 39.7 Å². The number of carbonyl (C=O) groups excluding carboxylic acids is 1. The molecule has 0 aliphatic rings. The molecule has 0 fully saturated rings. The van der Waals surface area contributed by atoms with Gasteiger partial charge in [0, 0.05) is 18.1 Å². The number of nitrogens with zero attached hydrogens (tertiary/aromatic N) is 1. The van der Waals surface area contributed by atoms with Crippen LogP contribution in [0.25, 0.3) is 0 Å². The molecule has 0 unspecified atom stereocenters. The smallest absolute Gasteiger partial charge is 0.255 e. The van der Waals surface area contributed by atoms with E-state index >= 15 is 0 Å². The fourth-order valence-corrected chi connectivity index (χ4v) is 2.43. The predicted octanol–water partition coefficient (Wildman–Crippen LogP) is 4.08. The Morgan fingerprint density at radius 3 is 2.75 bits per heavy atom.